The lowest BCUT2D eigenvalue weighted by atomic mass is 9.74. The molecule has 0 unspecified atom stereocenters. The van der Waals surface area contributed by atoms with E-state index in [1.807, 2.05) is 11.8 Å². The third-order valence-electron chi connectivity index (χ3n) is 4.29. The summed E-state index contributed by atoms with van der Waals surface area (Å²) in [7, 11) is 0. The van der Waals surface area contributed by atoms with Crippen molar-refractivity contribution in [3.8, 4) is 0 Å². The summed E-state index contributed by atoms with van der Waals surface area (Å²) in [5, 5.41) is 18.6. The molecule has 20 heavy (non-hydrogen) atoms. The molecule has 5 heteroatoms. The lowest BCUT2D eigenvalue weighted by Gasteiger charge is -2.34. The van der Waals surface area contributed by atoms with Crippen LogP contribution in [0, 0.1) is 11.3 Å². The van der Waals surface area contributed by atoms with E-state index in [0.29, 0.717) is 11.2 Å². The van der Waals surface area contributed by atoms with E-state index in [4.69, 9.17) is 0 Å². The van der Waals surface area contributed by atoms with Crippen molar-refractivity contribution in [1.29, 1.82) is 0 Å². The van der Waals surface area contributed by atoms with Gasteiger partial charge in [0.2, 0.25) is 0 Å². The first-order chi connectivity index (χ1) is 9.55. The number of aliphatic hydroxyl groups excluding tert-OH is 1. The van der Waals surface area contributed by atoms with E-state index in [-0.39, 0.29) is 6.61 Å². The molecule has 1 fully saturated rings. The average molecular weight is 297 g/mol. The quantitative estimate of drug-likeness (QED) is 0.817. The Hall–Kier alpha value is -0.550. The molecule has 1 N–H and O–H groups in total. The molecule has 1 saturated carbocycles. The van der Waals surface area contributed by atoms with Gasteiger partial charge in [0, 0.05) is 12.3 Å². The minimum absolute atomic E-state index is 0.0226. The molecule has 1 aromatic rings. The first kappa shape index (κ1) is 15.8. The number of hydrogen-bond donors (Lipinski definition) is 1. The van der Waals surface area contributed by atoms with Crippen molar-refractivity contribution in [1.82, 2.24) is 14.8 Å². The van der Waals surface area contributed by atoms with Gasteiger partial charge in [-0.2, -0.15) is 0 Å². The van der Waals surface area contributed by atoms with Gasteiger partial charge in [0.1, 0.15) is 6.61 Å². The van der Waals surface area contributed by atoms with E-state index in [9.17, 15) is 5.11 Å². The van der Waals surface area contributed by atoms with Gasteiger partial charge in [0.05, 0.1) is 0 Å². The van der Waals surface area contributed by atoms with Crippen LogP contribution in [0.4, 0.5) is 0 Å². The van der Waals surface area contributed by atoms with E-state index >= 15 is 0 Å². The minimum atomic E-state index is -0.0226. The Balaban J connectivity index is 1.89. The molecule has 0 spiro atoms. The van der Waals surface area contributed by atoms with Crippen molar-refractivity contribution in [2.24, 2.45) is 11.3 Å². The van der Waals surface area contributed by atoms with Crippen molar-refractivity contribution in [3.05, 3.63) is 5.82 Å². The van der Waals surface area contributed by atoms with Crippen LogP contribution in [0.25, 0.3) is 0 Å². The van der Waals surface area contributed by atoms with E-state index < -0.39 is 0 Å². The molecule has 0 radical (unpaired) electrons. The van der Waals surface area contributed by atoms with Gasteiger partial charge >= 0.3 is 0 Å². The van der Waals surface area contributed by atoms with Gasteiger partial charge in [-0.05, 0) is 43.4 Å². The Morgan fingerprint density at radius 1 is 1.30 bits per heavy atom. The van der Waals surface area contributed by atoms with Crippen LogP contribution < -0.4 is 0 Å². The molecule has 1 aliphatic carbocycles. The van der Waals surface area contributed by atoms with Crippen LogP contribution >= 0.6 is 11.8 Å². The predicted molar refractivity (Wildman–Crippen MR) is 82.7 cm³/mol. The average Bonchev–Trinajstić information content (AvgIpc) is 2.80. The van der Waals surface area contributed by atoms with Crippen molar-refractivity contribution >= 4 is 11.8 Å². The lowest BCUT2D eigenvalue weighted by Crippen LogP contribution is -2.22. The maximum Gasteiger partial charge on any atom is 0.191 e. The number of rotatable bonds is 6. The molecule has 0 bridgehead atoms. The number of hydrogen-bond acceptors (Lipinski definition) is 4. The summed E-state index contributed by atoms with van der Waals surface area (Å²) in [6, 6.07) is 0. The highest BCUT2D eigenvalue weighted by Gasteiger charge is 2.27. The number of aromatic nitrogens is 3. The highest BCUT2D eigenvalue weighted by Crippen LogP contribution is 2.39. The Morgan fingerprint density at radius 3 is 2.60 bits per heavy atom. The number of nitrogens with zero attached hydrogens (tertiary/aromatic N) is 3. The smallest absolute Gasteiger partial charge is 0.191 e. The zero-order chi connectivity index (χ0) is 14.6. The summed E-state index contributed by atoms with van der Waals surface area (Å²) in [6.45, 7) is 7.76. The van der Waals surface area contributed by atoms with Crippen LogP contribution in [0.15, 0.2) is 5.16 Å². The van der Waals surface area contributed by atoms with Crippen LogP contribution in [-0.2, 0) is 13.2 Å². The molecule has 0 amide bonds. The van der Waals surface area contributed by atoms with Crippen LogP contribution in [-0.4, -0.2) is 25.6 Å². The Labute approximate surface area is 126 Å². The fraction of sp³-hybridized carbons (Fsp3) is 0.867. The normalized spacial score (nSPS) is 19.4. The zero-order valence-corrected chi connectivity index (χ0v) is 13.7. The monoisotopic (exact) mass is 297 g/mol. The molecule has 1 aromatic heterocycles. The fourth-order valence-electron chi connectivity index (χ4n) is 2.81. The summed E-state index contributed by atoms with van der Waals surface area (Å²) >= 11 is 1.81. The SMILES string of the molecule is CCCn1c(CO)nnc1SCC1CCC(C)(C)CC1. The molecule has 0 saturated heterocycles. The maximum atomic E-state index is 9.30. The highest BCUT2D eigenvalue weighted by molar-refractivity contribution is 7.99. The highest BCUT2D eigenvalue weighted by atomic mass is 32.2. The van der Waals surface area contributed by atoms with Crippen LogP contribution in [0.3, 0.4) is 0 Å². The standard InChI is InChI=1S/C15H27N3OS/c1-4-9-18-13(10-19)16-17-14(18)20-11-12-5-7-15(2,3)8-6-12/h12,19H,4-11H2,1-3H3. The molecule has 4 nitrogen and oxygen atoms in total. The predicted octanol–water partition coefficient (Wildman–Crippen LogP) is 3.49. The van der Waals surface area contributed by atoms with Crippen molar-refractivity contribution in [2.45, 2.75) is 71.2 Å². The second-order valence-electron chi connectivity index (χ2n) is 6.63. The number of thioether (sulfide) groups is 1. The molecule has 1 aliphatic rings. The molecule has 1 heterocycles. The molecule has 0 atom stereocenters. The molecular weight excluding hydrogens is 270 g/mol. The summed E-state index contributed by atoms with van der Waals surface area (Å²) in [5.74, 6) is 2.63. The van der Waals surface area contributed by atoms with Crippen LogP contribution in [0.1, 0.15) is 58.7 Å². The van der Waals surface area contributed by atoms with Crippen molar-refractivity contribution in [3.63, 3.8) is 0 Å². The lowest BCUT2D eigenvalue weighted by molar-refractivity contribution is 0.203. The molecule has 2 rings (SSSR count). The molecular formula is C15H27N3OS. The minimum Gasteiger partial charge on any atom is -0.388 e. The first-order valence-corrected chi connectivity index (χ1v) is 8.70. The van der Waals surface area contributed by atoms with Crippen molar-refractivity contribution < 1.29 is 5.11 Å². The van der Waals surface area contributed by atoms with E-state index in [1.165, 1.54) is 25.7 Å². The molecule has 0 aliphatic heterocycles. The second-order valence-corrected chi connectivity index (χ2v) is 7.61. The summed E-state index contributed by atoms with van der Waals surface area (Å²) < 4.78 is 2.07. The molecule has 0 aromatic carbocycles. The van der Waals surface area contributed by atoms with Gasteiger partial charge in [-0.25, -0.2) is 0 Å². The Morgan fingerprint density at radius 2 is 2.00 bits per heavy atom. The Bertz CT molecular complexity index is 421. The van der Waals surface area contributed by atoms with Gasteiger partial charge in [0.15, 0.2) is 11.0 Å². The summed E-state index contributed by atoms with van der Waals surface area (Å²) in [5.41, 5.74) is 0.535. The third-order valence-corrected chi connectivity index (χ3v) is 5.49. The van der Waals surface area contributed by atoms with Crippen molar-refractivity contribution in [2.75, 3.05) is 5.75 Å². The van der Waals surface area contributed by atoms with Gasteiger partial charge in [-0.1, -0.05) is 32.5 Å². The third kappa shape index (κ3) is 3.98. The summed E-state index contributed by atoms with van der Waals surface area (Å²) in [4.78, 5) is 0. The van der Waals surface area contributed by atoms with E-state index in [2.05, 4.69) is 35.5 Å². The van der Waals surface area contributed by atoms with E-state index in [1.54, 1.807) is 0 Å². The Kier molecular flexibility index (Phi) is 5.49. The van der Waals surface area contributed by atoms with Gasteiger partial charge in [-0.3, -0.25) is 0 Å². The van der Waals surface area contributed by atoms with Gasteiger partial charge < -0.3 is 9.67 Å². The van der Waals surface area contributed by atoms with Gasteiger partial charge in [-0.15, -0.1) is 10.2 Å². The first-order valence-electron chi connectivity index (χ1n) is 7.71. The fourth-order valence-corrected chi connectivity index (χ4v) is 3.98. The second kappa shape index (κ2) is 6.94. The largest absolute Gasteiger partial charge is 0.388 e. The molecule has 114 valence electrons. The summed E-state index contributed by atoms with van der Waals surface area (Å²) in [6.07, 6.45) is 6.36. The van der Waals surface area contributed by atoms with E-state index in [0.717, 1.165) is 29.8 Å². The topological polar surface area (TPSA) is 50.9 Å². The number of aliphatic hydroxyl groups is 1. The van der Waals surface area contributed by atoms with Crippen LogP contribution in [0.5, 0.6) is 0 Å². The zero-order valence-electron chi connectivity index (χ0n) is 12.9. The van der Waals surface area contributed by atoms with Gasteiger partial charge in [0.25, 0.3) is 0 Å². The van der Waals surface area contributed by atoms with Crippen LogP contribution in [0.2, 0.25) is 0 Å². The maximum absolute atomic E-state index is 9.30.